The molecule has 0 aromatic carbocycles. The van der Waals surface area contributed by atoms with Crippen LogP contribution in [-0.2, 0) is 9.53 Å². The number of halogens is 1. The minimum atomic E-state index is -1.14. The molecule has 0 aliphatic rings. The molecule has 6 nitrogen and oxygen atoms in total. The van der Waals surface area contributed by atoms with Gasteiger partial charge < -0.3 is 10.5 Å². The number of pyridine rings is 1. The number of aromatic nitrogens is 1. The smallest absolute Gasteiger partial charge is 0.329 e. The summed E-state index contributed by atoms with van der Waals surface area (Å²) in [5.74, 6) is -2.46. The zero-order valence-electron chi connectivity index (χ0n) is 9.51. The Morgan fingerprint density at radius 1 is 1.67 bits per heavy atom. The van der Waals surface area contributed by atoms with Gasteiger partial charge in [0.2, 0.25) is 5.91 Å². The van der Waals surface area contributed by atoms with E-state index < -0.39 is 17.8 Å². The zero-order valence-corrected chi connectivity index (χ0v) is 11.1. The summed E-state index contributed by atoms with van der Waals surface area (Å²) in [6.45, 7) is 1.82. The molecule has 1 unspecified atom stereocenters. The van der Waals surface area contributed by atoms with E-state index in [1.54, 1.807) is 6.92 Å². The largest absolute Gasteiger partial charge is 0.465 e. The molecule has 1 heterocycles. The molecule has 18 heavy (non-hydrogen) atoms. The van der Waals surface area contributed by atoms with Gasteiger partial charge in [0.1, 0.15) is 0 Å². The molecule has 1 amide bonds. The molecule has 1 atom stereocenters. The van der Waals surface area contributed by atoms with Crippen molar-refractivity contribution < 1.29 is 14.3 Å². The highest BCUT2D eigenvalue weighted by atomic mass is 79.9. The highest BCUT2D eigenvalue weighted by molar-refractivity contribution is 9.10. The summed E-state index contributed by atoms with van der Waals surface area (Å²) in [7, 11) is 0. The van der Waals surface area contributed by atoms with Crippen LogP contribution in [0.4, 0.5) is 0 Å². The van der Waals surface area contributed by atoms with E-state index in [2.05, 4.69) is 20.9 Å². The molecule has 2 N–H and O–H groups in total. The van der Waals surface area contributed by atoms with Crippen molar-refractivity contribution in [3.63, 3.8) is 0 Å². The summed E-state index contributed by atoms with van der Waals surface area (Å²) in [6.07, 6.45) is 1.21. The van der Waals surface area contributed by atoms with Gasteiger partial charge in [-0.25, -0.2) is 0 Å². The molecule has 0 spiro atoms. The lowest BCUT2D eigenvalue weighted by atomic mass is 10.1. The van der Waals surface area contributed by atoms with Crippen molar-refractivity contribution in [1.82, 2.24) is 4.98 Å². The summed E-state index contributed by atoms with van der Waals surface area (Å²) < 4.78 is 5.13. The van der Waals surface area contributed by atoms with E-state index in [4.69, 9.17) is 15.7 Å². The minimum Gasteiger partial charge on any atom is -0.465 e. The maximum absolute atomic E-state index is 11.5. The number of rotatable bonds is 4. The van der Waals surface area contributed by atoms with Crippen LogP contribution in [0.15, 0.2) is 16.7 Å². The molecule has 1 rings (SSSR count). The quantitative estimate of drug-likeness (QED) is 0.838. The van der Waals surface area contributed by atoms with E-state index in [0.29, 0.717) is 4.47 Å². The molecule has 0 aliphatic heterocycles. The Hall–Kier alpha value is -1.94. The van der Waals surface area contributed by atoms with Crippen molar-refractivity contribution in [2.24, 2.45) is 5.73 Å². The topological polar surface area (TPSA) is 106 Å². The summed E-state index contributed by atoms with van der Waals surface area (Å²) in [6, 6.07) is 3.22. The van der Waals surface area contributed by atoms with E-state index >= 15 is 0 Å². The van der Waals surface area contributed by atoms with Gasteiger partial charge in [-0.3, -0.25) is 14.6 Å². The second kappa shape index (κ2) is 6.12. The number of ether oxygens (including phenoxy) is 1. The number of esters is 1. The van der Waals surface area contributed by atoms with Crippen molar-refractivity contribution in [2.75, 3.05) is 6.61 Å². The Kier molecular flexibility index (Phi) is 4.80. The van der Waals surface area contributed by atoms with Gasteiger partial charge in [-0.05, 0) is 28.9 Å². The molecule has 0 radical (unpaired) electrons. The van der Waals surface area contributed by atoms with Gasteiger partial charge in [0.25, 0.3) is 0 Å². The Morgan fingerprint density at radius 2 is 2.33 bits per heavy atom. The number of hydrogen-bond donors (Lipinski definition) is 1. The van der Waals surface area contributed by atoms with Crippen LogP contribution >= 0.6 is 15.9 Å². The maximum atomic E-state index is 11.5. The number of primary amides is 1. The van der Waals surface area contributed by atoms with Crippen LogP contribution in [0.1, 0.15) is 28.9 Å². The molecule has 0 aliphatic carbocycles. The van der Waals surface area contributed by atoms with Crippen molar-refractivity contribution in [3.05, 3.63) is 28.0 Å². The second-order valence-electron chi connectivity index (χ2n) is 3.27. The number of hydrogen-bond acceptors (Lipinski definition) is 5. The Morgan fingerprint density at radius 3 is 2.78 bits per heavy atom. The highest BCUT2D eigenvalue weighted by Crippen LogP contribution is 2.24. The molecule has 7 heteroatoms. The number of nitriles is 1. The van der Waals surface area contributed by atoms with Crippen molar-refractivity contribution in [2.45, 2.75) is 12.8 Å². The minimum absolute atomic E-state index is 0.175. The molecule has 94 valence electrons. The molecule has 0 saturated carbocycles. The van der Waals surface area contributed by atoms with Crippen molar-refractivity contribution >= 4 is 27.8 Å². The first-order valence-corrected chi connectivity index (χ1v) is 5.82. The zero-order chi connectivity index (χ0) is 13.7. The summed E-state index contributed by atoms with van der Waals surface area (Å²) >= 11 is 3.15. The first kappa shape index (κ1) is 14.1. The number of nitrogens with zero attached hydrogens (tertiary/aromatic N) is 2. The summed E-state index contributed by atoms with van der Waals surface area (Å²) in [5.41, 5.74) is 5.47. The van der Waals surface area contributed by atoms with E-state index in [1.165, 1.54) is 12.3 Å². The first-order chi connectivity index (χ1) is 8.51. The highest BCUT2D eigenvalue weighted by Gasteiger charge is 2.25. The van der Waals surface area contributed by atoms with Crippen LogP contribution in [0, 0.1) is 11.3 Å². The fourth-order valence-electron chi connectivity index (χ4n) is 1.25. The van der Waals surface area contributed by atoms with Gasteiger partial charge in [-0.15, -0.1) is 0 Å². The van der Waals surface area contributed by atoms with Crippen LogP contribution in [0.25, 0.3) is 0 Å². The summed E-state index contributed by atoms with van der Waals surface area (Å²) in [5, 5.41) is 8.98. The normalized spacial score (nSPS) is 11.4. The van der Waals surface area contributed by atoms with Crippen LogP contribution in [0.3, 0.4) is 0 Å². The predicted molar refractivity (Wildman–Crippen MR) is 65.4 cm³/mol. The van der Waals surface area contributed by atoms with Crippen molar-refractivity contribution in [1.29, 1.82) is 5.26 Å². The average molecular weight is 312 g/mol. The van der Waals surface area contributed by atoms with E-state index in [1.807, 2.05) is 6.07 Å². The molecule has 0 saturated heterocycles. The molecular formula is C11H10BrN3O3. The number of amides is 1. The lowest BCUT2D eigenvalue weighted by Crippen LogP contribution is -2.17. The average Bonchev–Trinajstić information content (AvgIpc) is 2.32. The lowest BCUT2D eigenvalue weighted by Gasteiger charge is -2.10. The maximum Gasteiger partial charge on any atom is 0.329 e. The first-order valence-electron chi connectivity index (χ1n) is 5.02. The SMILES string of the molecule is CCOC(=O)C(C#N)c1ncc(C(N)=O)cc1Br. The molecule has 1 aromatic heterocycles. The predicted octanol–water partition coefficient (Wildman–Crippen LogP) is 1.11. The van der Waals surface area contributed by atoms with Gasteiger partial charge in [0.05, 0.1) is 23.9 Å². The Labute approximate surface area is 112 Å². The molecule has 0 fully saturated rings. The van der Waals surface area contributed by atoms with Gasteiger partial charge >= 0.3 is 5.97 Å². The van der Waals surface area contributed by atoms with E-state index in [-0.39, 0.29) is 17.9 Å². The molecule has 0 bridgehead atoms. The van der Waals surface area contributed by atoms with Gasteiger partial charge in [0.15, 0.2) is 5.92 Å². The standard InChI is InChI=1S/C11H10BrN3O3/c1-2-18-11(17)7(4-13)9-8(12)3-6(5-15-9)10(14)16/h3,5,7H,2H2,1H3,(H2,14,16). The Bertz CT molecular complexity index is 525. The second-order valence-corrected chi connectivity index (χ2v) is 4.12. The molecular weight excluding hydrogens is 302 g/mol. The summed E-state index contributed by atoms with van der Waals surface area (Å²) in [4.78, 5) is 26.4. The number of carbonyl (C=O) groups is 2. The van der Waals surface area contributed by atoms with Crippen LogP contribution < -0.4 is 5.73 Å². The van der Waals surface area contributed by atoms with Crippen LogP contribution in [0.5, 0.6) is 0 Å². The third-order valence-electron chi connectivity index (χ3n) is 2.08. The third kappa shape index (κ3) is 3.05. The van der Waals surface area contributed by atoms with E-state index in [9.17, 15) is 9.59 Å². The fourth-order valence-corrected chi connectivity index (χ4v) is 1.82. The monoisotopic (exact) mass is 311 g/mol. The van der Waals surface area contributed by atoms with E-state index in [0.717, 1.165) is 0 Å². The lowest BCUT2D eigenvalue weighted by molar-refractivity contribution is -0.143. The van der Waals surface area contributed by atoms with Crippen molar-refractivity contribution in [3.8, 4) is 6.07 Å². The van der Waals surface area contributed by atoms with Gasteiger partial charge in [-0.2, -0.15) is 5.26 Å². The van der Waals surface area contributed by atoms with Crippen LogP contribution in [0.2, 0.25) is 0 Å². The van der Waals surface area contributed by atoms with Crippen LogP contribution in [-0.4, -0.2) is 23.5 Å². The number of carbonyl (C=O) groups excluding carboxylic acids is 2. The Balaban J connectivity index is 3.12. The molecule has 1 aromatic rings. The van der Waals surface area contributed by atoms with Gasteiger partial charge in [-0.1, -0.05) is 0 Å². The third-order valence-corrected chi connectivity index (χ3v) is 2.71. The number of nitrogens with two attached hydrogens (primary N) is 1. The fraction of sp³-hybridized carbons (Fsp3) is 0.273. The van der Waals surface area contributed by atoms with Gasteiger partial charge in [0, 0.05) is 10.7 Å².